The van der Waals surface area contributed by atoms with Crippen molar-refractivity contribution in [1.82, 2.24) is 14.5 Å². The van der Waals surface area contributed by atoms with E-state index >= 15 is 0 Å². The highest BCUT2D eigenvalue weighted by atomic mass is 19.3. The van der Waals surface area contributed by atoms with E-state index in [2.05, 4.69) is 15.3 Å². The average molecular weight is 446 g/mol. The fourth-order valence-electron chi connectivity index (χ4n) is 5.05. The first-order chi connectivity index (χ1) is 15.0. The maximum absolute atomic E-state index is 14.6. The number of anilines is 1. The van der Waals surface area contributed by atoms with Gasteiger partial charge in [0, 0.05) is 43.8 Å². The van der Waals surface area contributed by atoms with Crippen LogP contribution in [0.4, 0.5) is 23.4 Å². The normalized spacial score (nSPS) is 24.6. The van der Waals surface area contributed by atoms with Gasteiger partial charge in [-0.2, -0.15) is 0 Å². The van der Waals surface area contributed by atoms with E-state index in [9.17, 15) is 22.4 Å². The van der Waals surface area contributed by atoms with Crippen molar-refractivity contribution in [3.8, 4) is 0 Å². The summed E-state index contributed by atoms with van der Waals surface area (Å²) in [6.45, 7) is 2.23. The Morgan fingerprint density at radius 3 is 2.66 bits per heavy atom. The molecular weight excluding hydrogens is 424 g/mol. The van der Waals surface area contributed by atoms with Crippen molar-refractivity contribution in [3.63, 3.8) is 0 Å². The Hall–Kier alpha value is -2.97. The molecule has 0 radical (unpaired) electrons. The fourth-order valence-corrected chi connectivity index (χ4v) is 5.05. The fraction of sp³-hybridized carbons (Fsp3) is 0.435. The standard InChI is InChI=1S/C23H22F4N4O/c1-12-29-17-6-19(32)31(18-9-23(27)7-14(18)8-23)11-15(17)21(30-12)28-10-13-4-3-5-16(20(13)24)22(2,25)26/h3-6,11,14,18H,7-10H2,1-2H3,(H,28,29,30)/t14?,18-,23?/m0/s1. The Labute approximate surface area is 181 Å². The molecule has 1 aromatic carbocycles. The van der Waals surface area contributed by atoms with E-state index in [0.717, 1.165) is 6.07 Å². The van der Waals surface area contributed by atoms with Gasteiger partial charge in [0.1, 0.15) is 23.1 Å². The number of hydrogen-bond acceptors (Lipinski definition) is 4. The zero-order valence-corrected chi connectivity index (χ0v) is 17.6. The van der Waals surface area contributed by atoms with Crippen LogP contribution in [0.3, 0.4) is 0 Å². The number of nitrogens with one attached hydrogen (secondary N) is 1. The molecule has 6 rings (SSSR count). The van der Waals surface area contributed by atoms with Gasteiger partial charge in [-0.3, -0.25) is 4.79 Å². The third-order valence-corrected chi connectivity index (χ3v) is 6.60. The molecule has 0 saturated heterocycles. The largest absolute Gasteiger partial charge is 0.365 e. The Morgan fingerprint density at radius 2 is 2.00 bits per heavy atom. The minimum atomic E-state index is -3.30. The van der Waals surface area contributed by atoms with Gasteiger partial charge in [-0.1, -0.05) is 18.2 Å². The molecule has 168 valence electrons. The van der Waals surface area contributed by atoms with Gasteiger partial charge in [-0.15, -0.1) is 0 Å². The molecule has 3 fully saturated rings. The Kier molecular flexibility index (Phi) is 4.58. The number of benzene rings is 1. The summed E-state index contributed by atoms with van der Waals surface area (Å²) >= 11 is 0. The van der Waals surface area contributed by atoms with Gasteiger partial charge in [0.2, 0.25) is 0 Å². The van der Waals surface area contributed by atoms with Crippen LogP contribution in [-0.4, -0.2) is 20.2 Å². The van der Waals surface area contributed by atoms with Gasteiger partial charge in [-0.05, 0) is 25.7 Å². The van der Waals surface area contributed by atoms with Gasteiger partial charge in [0.25, 0.3) is 11.5 Å². The average Bonchev–Trinajstić information content (AvgIpc) is 3.18. The number of halogens is 4. The lowest BCUT2D eigenvalue weighted by Gasteiger charge is -2.30. The van der Waals surface area contributed by atoms with Crippen LogP contribution >= 0.6 is 0 Å². The third kappa shape index (κ3) is 3.43. The minimum Gasteiger partial charge on any atom is -0.365 e. The molecule has 3 aliphatic carbocycles. The van der Waals surface area contributed by atoms with Crippen molar-refractivity contribution in [2.75, 3.05) is 5.32 Å². The first-order valence-electron chi connectivity index (χ1n) is 10.5. The highest BCUT2D eigenvalue weighted by Gasteiger charge is 2.57. The zero-order valence-electron chi connectivity index (χ0n) is 17.6. The van der Waals surface area contributed by atoms with Gasteiger partial charge < -0.3 is 9.88 Å². The van der Waals surface area contributed by atoms with E-state index in [4.69, 9.17) is 0 Å². The van der Waals surface area contributed by atoms with Crippen LogP contribution in [-0.2, 0) is 12.5 Å². The molecule has 5 nitrogen and oxygen atoms in total. The number of rotatable bonds is 5. The third-order valence-electron chi connectivity index (χ3n) is 6.60. The summed E-state index contributed by atoms with van der Waals surface area (Å²) in [5.74, 6) is -3.39. The van der Waals surface area contributed by atoms with Crippen molar-refractivity contribution >= 4 is 16.7 Å². The lowest BCUT2D eigenvalue weighted by Crippen LogP contribution is -2.31. The number of aromatic nitrogens is 3. The maximum Gasteiger partial charge on any atom is 0.273 e. The van der Waals surface area contributed by atoms with Gasteiger partial charge in [0.05, 0.1) is 16.5 Å². The quantitative estimate of drug-likeness (QED) is 0.559. The van der Waals surface area contributed by atoms with Crippen molar-refractivity contribution in [2.45, 2.75) is 57.3 Å². The molecule has 0 amide bonds. The van der Waals surface area contributed by atoms with Crippen LogP contribution in [0.1, 0.15) is 49.2 Å². The molecule has 2 bridgehead atoms. The van der Waals surface area contributed by atoms with Crippen LogP contribution in [0.2, 0.25) is 0 Å². The summed E-state index contributed by atoms with van der Waals surface area (Å²) in [5.41, 5.74) is -1.63. The van der Waals surface area contributed by atoms with E-state index in [0.29, 0.717) is 48.7 Å². The van der Waals surface area contributed by atoms with Crippen LogP contribution in [0.15, 0.2) is 35.3 Å². The Morgan fingerprint density at radius 1 is 1.25 bits per heavy atom. The van der Waals surface area contributed by atoms with E-state index in [1.165, 1.54) is 18.2 Å². The number of fused-ring (bicyclic) bond motifs is 2. The van der Waals surface area contributed by atoms with E-state index in [-0.39, 0.29) is 29.6 Å². The van der Waals surface area contributed by atoms with Crippen LogP contribution in [0.5, 0.6) is 0 Å². The second-order valence-electron chi connectivity index (χ2n) is 9.05. The van der Waals surface area contributed by atoms with Crippen molar-refractivity contribution in [2.24, 2.45) is 5.92 Å². The molecule has 2 aromatic heterocycles. The molecule has 9 heteroatoms. The number of aryl methyl sites for hydroxylation is 1. The lowest BCUT2D eigenvalue weighted by molar-refractivity contribution is 0.0136. The van der Waals surface area contributed by atoms with Crippen LogP contribution in [0.25, 0.3) is 10.9 Å². The number of alkyl halides is 3. The smallest absolute Gasteiger partial charge is 0.273 e. The first kappa shape index (κ1) is 20.9. The molecule has 3 aliphatic rings. The highest BCUT2D eigenvalue weighted by Crippen LogP contribution is 2.59. The molecule has 3 aromatic rings. The summed E-state index contributed by atoms with van der Waals surface area (Å²) in [5, 5.41) is 3.54. The monoisotopic (exact) mass is 446 g/mol. The van der Waals surface area contributed by atoms with Gasteiger partial charge in [-0.25, -0.2) is 27.5 Å². The molecule has 0 spiro atoms. The summed E-state index contributed by atoms with van der Waals surface area (Å²) in [6, 6.07) is 5.05. The lowest BCUT2D eigenvalue weighted by atomic mass is 9.81. The van der Waals surface area contributed by atoms with Crippen molar-refractivity contribution in [3.05, 3.63) is 63.6 Å². The molecule has 2 heterocycles. The molecular formula is C23H22F4N4O. The van der Waals surface area contributed by atoms with Crippen LogP contribution < -0.4 is 10.9 Å². The predicted octanol–water partition coefficient (Wildman–Crippen LogP) is 5.03. The van der Waals surface area contributed by atoms with E-state index in [1.54, 1.807) is 17.7 Å². The van der Waals surface area contributed by atoms with Crippen LogP contribution in [0, 0.1) is 18.7 Å². The molecule has 1 atom stereocenters. The number of nitrogens with zero attached hydrogens (tertiary/aromatic N) is 3. The zero-order chi connectivity index (χ0) is 22.8. The minimum absolute atomic E-state index is 0.0674. The topological polar surface area (TPSA) is 59.8 Å². The maximum atomic E-state index is 14.6. The molecule has 0 aliphatic heterocycles. The summed E-state index contributed by atoms with van der Waals surface area (Å²) < 4.78 is 57.9. The second kappa shape index (κ2) is 7.02. The number of pyridine rings is 1. The summed E-state index contributed by atoms with van der Waals surface area (Å²) in [7, 11) is 0. The molecule has 1 N–H and O–H groups in total. The second-order valence-corrected chi connectivity index (χ2v) is 9.05. The van der Waals surface area contributed by atoms with Crippen molar-refractivity contribution in [1.29, 1.82) is 0 Å². The van der Waals surface area contributed by atoms with E-state index < -0.39 is 23.0 Å². The SMILES string of the molecule is Cc1nc(NCc2cccc(C(C)(F)F)c2F)c2cn([C@H]3CC4(F)CC3C4)c(=O)cc2n1. The van der Waals surface area contributed by atoms with E-state index in [1.807, 2.05) is 0 Å². The summed E-state index contributed by atoms with van der Waals surface area (Å²) in [4.78, 5) is 21.4. The van der Waals surface area contributed by atoms with Gasteiger partial charge >= 0.3 is 0 Å². The molecule has 0 unspecified atom stereocenters. The van der Waals surface area contributed by atoms with Gasteiger partial charge in [0.15, 0.2) is 0 Å². The Balaban J connectivity index is 1.51. The molecule has 3 saturated carbocycles. The highest BCUT2D eigenvalue weighted by molar-refractivity contribution is 5.88. The van der Waals surface area contributed by atoms with Crippen molar-refractivity contribution < 1.29 is 17.6 Å². The molecule has 32 heavy (non-hydrogen) atoms. The number of hydrogen-bond donors (Lipinski definition) is 1. The summed E-state index contributed by atoms with van der Waals surface area (Å²) in [6.07, 6.45) is 2.87. The first-order valence-corrected chi connectivity index (χ1v) is 10.5. The predicted molar refractivity (Wildman–Crippen MR) is 112 cm³/mol. The Bertz CT molecular complexity index is 1280.